The van der Waals surface area contributed by atoms with Crippen LogP contribution in [0.3, 0.4) is 0 Å². The fourth-order valence-corrected chi connectivity index (χ4v) is 3.64. The predicted octanol–water partition coefficient (Wildman–Crippen LogP) is 0.870. The van der Waals surface area contributed by atoms with Gasteiger partial charge in [-0.3, -0.25) is 9.89 Å². The Hall–Kier alpha value is -2.15. The van der Waals surface area contributed by atoms with E-state index in [1.54, 1.807) is 4.90 Å². The molecule has 122 valence electrons. The first-order chi connectivity index (χ1) is 11.1. The summed E-state index contributed by atoms with van der Waals surface area (Å²) in [5, 5.41) is 21.3. The van der Waals surface area contributed by atoms with E-state index in [0.29, 0.717) is 25.2 Å². The van der Waals surface area contributed by atoms with Gasteiger partial charge >= 0.3 is 0 Å². The van der Waals surface area contributed by atoms with Crippen molar-refractivity contribution in [1.82, 2.24) is 20.3 Å². The van der Waals surface area contributed by atoms with E-state index in [-0.39, 0.29) is 11.8 Å². The van der Waals surface area contributed by atoms with Crippen LogP contribution in [0.25, 0.3) is 0 Å². The van der Waals surface area contributed by atoms with E-state index in [4.69, 9.17) is 4.52 Å². The third-order valence-electron chi connectivity index (χ3n) is 4.84. The van der Waals surface area contributed by atoms with Gasteiger partial charge in [-0.15, -0.1) is 0 Å². The molecule has 1 amide bonds. The number of fused-ring (bicyclic) bond motifs is 1. The smallest absolute Gasteiger partial charge is 0.274 e. The minimum Gasteiger partial charge on any atom is -0.391 e. The van der Waals surface area contributed by atoms with Crippen molar-refractivity contribution < 1.29 is 14.4 Å². The molecule has 7 heteroatoms. The van der Waals surface area contributed by atoms with E-state index in [2.05, 4.69) is 15.4 Å². The van der Waals surface area contributed by atoms with Crippen LogP contribution in [0.2, 0.25) is 0 Å². The number of aromatic amines is 1. The summed E-state index contributed by atoms with van der Waals surface area (Å²) in [5.41, 5.74) is 3.49. The Labute approximate surface area is 133 Å². The first-order valence-electron chi connectivity index (χ1n) is 8.07. The van der Waals surface area contributed by atoms with Gasteiger partial charge in [0.05, 0.1) is 11.8 Å². The van der Waals surface area contributed by atoms with Gasteiger partial charge in [0, 0.05) is 42.8 Å². The maximum Gasteiger partial charge on any atom is 0.274 e. The maximum absolute atomic E-state index is 12.7. The van der Waals surface area contributed by atoms with E-state index in [0.717, 1.165) is 42.0 Å². The molecule has 23 heavy (non-hydrogen) atoms. The van der Waals surface area contributed by atoms with E-state index in [9.17, 15) is 9.90 Å². The van der Waals surface area contributed by atoms with Crippen molar-refractivity contribution in [1.29, 1.82) is 0 Å². The molecule has 1 aliphatic carbocycles. The molecule has 7 nitrogen and oxygen atoms in total. The van der Waals surface area contributed by atoms with Crippen molar-refractivity contribution in [2.24, 2.45) is 5.92 Å². The van der Waals surface area contributed by atoms with Crippen LogP contribution in [0.15, 0.2) is 10.6 Å². The number of hydrogen-bond donors (Lipinski definition) is 2. The molecule has 1 aliphatic heterocycles. The number of aliphatic hydroxyl groups excluding tert-OH is 1. The summed E-state index contributed by atoms with van der Waals surface area (Å²) < 4.78 is 5.22. The lowest BCUT2D eigenvalue weighted by Gasteiger charge is -2.15. The second-order valence-corrected chi connectivity index (χ2v) is 6.56. The summed E-state index contributed by atoms with van der Waals surface area (Å²) in [5.74, 6) is 0.638. The highest BCUT2D eigenvalue weighted by Gasteiger charge is 2.37. The van der Waals surface area contributed by atoms with Crippen molar-refractivity contribution in [3.63, 3.8) is 0 Å². The van der Waals surface area contributed by atoms with Gasteiger partial charge in [0.1, 0.15) is 5.76 Å². The Balaban J connectivity index is 1.47. The molecule has 0 radical (unpaired) electrons. The molecule has 1 saturated heterocycles. The maximum atomic E-state index is 12.7. The number of aryl methyl sites for hydroxylation is 2. The molecule has 0 aromatic carbocycles. The molecule has 2 aromatic rings. The molecule has 2 atom stereocenters. The molecule has 0 unspecified atom stereocenters. The summed E-state index contributed by atoms with van der Waals surface area (Å²) in [6.45, 7) is 2.73. The summed E-state index contributed by atoms with van der Waals surface area (Å²) in [6.07, 6.45) is 2.98. The van der Waals surface area contributed by atoms with Crippen molar-refractivity contribution in [3.05, 3.63) is 34.5 Å². The minimum absolute atomic E-state index is 0.0294. The molecule has 2 aromatic heterocycles. The van der Waals surface area contributed by atoms with Crippen LogP contribution in [0.4, 0.5) is 0 Å². The number of amides is 1. The van der Waals surface area contributed by atoms with Gasteiger partial charge in [-0.2, -0.15) is 5.10 Å². The van der Waals surface area contributed by atoms with E-state index < -0.39 is 6.10 Å². The Morgan fingerprint density at radius 3 is 3.13 bits per heavy atom. The lowest BCUT2D eigenvalue weighted by Crippen LogP contribution is -2.30. The first-order valence-corrected chi connectivity index (χ1v) is 8.07. The number of carbonyl (C=O) groups is 1. The molecule has 0 bridgehead atoms. The number of aromatic nitrogens is 3. The van der Waals surface area contributed by atoms with Crippen LogP contribution in [0.1, 0.15) is 39.6 Å². The lowest BCUT2D eigenvalue weighted by molar-refractivity contribution is 0.0758. The number of H-pyrrole nitrogens is 1. The van der Waals surface area contributed by atoms with Gasteiger partial charge in [0.25, 0.3) is 5.91 Å². The molecule has 2 N–H and O–H groups in total. The number of nitrogens with one attached hydrogen (secondary N) is 1. The second-order valence-electron chi connectivity index (χ2n) is 6.56. The molecule has 2 aliphatic rings. The fraction of sp³-hybridized carbons (Fsp3) is 0.562. The molecular formula is C16H20N4O3. The van der Waals surface area contributed by atoms with Gasteiger partial charge in [0.15, 0.2) is 5.69 Å². The summed E-state index contributed by atoms with van der Waals surface area (Å²) in [7, 11) is 0. The van der Waals surface area contributed by atoms with Crippen LogP contribution in [0.5, 0.6) is 0 Å². The first kappa shape index (κ1) is 14.4. The number of carbonyl (C=O) groups excluding carboxylic acids is 1. The number of β-amino-alcohol motifs (C(OH)–C–C–N with tert-alkyl or cyclic N) is 1. The molecular weight excluding hydrogens is 296 g/mol. The Morgan fingerprint density at radius 2 is 2.35 bits per heavy atom. The van der Waals surface area contributed by atoms with Crippen LogP contribution in [0, 0.1) is 12.8 Å². The Morgan fingerprint density at radius 1 is 1.48 bits per heavy atom. The molecule has 3 heterocycles. The van der Waals surface area contributed by atoms with Crippen LogP contribution in [-0.2, 0) is 19.3 Å². The predicted molar refractivity (Wildman–Crippen MR) is 81.0 cm³/mol. The zero-order chi connectivity index (χ0) is 16.0. The number of likely N-dealkylation sites (tertiary alicyclic amines) is 1. The van der Waals surface area contributed by atoms with Crippen molar-refractivity contribution in [2.75, 3.05) is 13.1 Å². The highest BCUT2D eigenvalue weighted by atomic mass is 16.5. The van der Waals surface area contributed by atoms with Crippen molar-refractivity contribution in [3.8, 4) is 0 Å². The molecule has 0 spiro atoms. The summed E-state index contributed by atoms with van der Waals surface area (Å²) >= 11 is 0. The van der Waals surface area contributed by atoms with Gasteiger partial charge in [-0.1, -0.05) is 5.16 Å². The number of aliphatic hydroxyl groups is 1. The molecule has 1 fully saturated rings. The zero-order valence-electron chi connectivity index (χ0n) is 13.1. The van der Waals surface area contributed by atoms with Gasteiger partial charge in [0.2, 0.25) is 0 Å². The average Bonchev–Trinajstić information content (AvgIpc) is 3.24. The largest absolute Gasteiger partial charge is 0.391 e. The molecule has 0 saturated carbocycles. The Bertz CT molecular complexity index is 736. The SMILES string of the molecule is Cc1cc(C[C@@H]2CN(C(=O)c3n[nH]c4c3CCC4)C[C@H]2O)on1. The third-order valence-corrected chi connectivity index (χ3v) is 4.84. The van der Waals surface area contributed by atoms with Gasteiger partial charge in [-0.05, 0) is 26.2 Å². The summed E-state index contributed by atoms with van der Waals surface area (Å²) in [6, 6.07) is 1.87. The molecule has 4 rings (SSSR count). The minimum atomic E-state index is -0.545. The number of nitrogens with zero attached hydrogens (tertiary/aromatic N) is 3. The van der Waals surface area contributed by atoms with Crippen LogP contribution in [-0.4, -0.2) is 50.5 Å². The monoisotopic (exact) mass is 316 g/mol. The lowest BCUT2D eigenvalue weighted by atomic mass is 10.0. The van der Waals surface area contributed by atoms with E-state index in [1.165, 1.54) is 0 Å². The number of rotatable bonds is 3. The second kappa shape index (κ2) is 5.49. The van der Waals surface area contributed by atoms with Crippen molar-refractivity contribution >= 4 is 5.91 Å². The van der Waals surface area contributed by atoms with Crippen LogP contribution >= 0.6 is 0 Å². The van der Waals surface area contributed by atoms with Gasteiger partial charge in [-0.25, -0.2) is 0 Å². The average molecular weight is 316 g/mol. The Kier molecular flexibility index (Phi) is 3.45. The summed E-state index contributed by atoms with van der Waals surface area (Å²) in [4.78, 5) is 14.4. The normalized spacial score (nSPS) is 23.5. The van der Waals surface area contributed by atoms with Crippen molar-refractivity contribution in [2.45, 2.75) is 38.7 Å². The topological polar surface area (TPSA) is 95.2 Å². The highest BCUT2D eigenvalue weighted by molar-refractivity contribution is 5.94. The standard InChI is InChI=1S/C16H20N4O3/c1-9-5-11(23-19-9)6-10-7-20(8-14(10)21)16(22)15-12-3-2-4-13(12)17-18-15/h5,10,14,21H,2-4,6-8H2,1H3,(H,17,18)/t10-,14-/m1/s1. The van der Waals surface area contributed by atoms with E-state index in [1.807, 2.05) is 13.0 Å². The fourth-order valence-electron chi connectivity index (χ4n) is 3.64. The van der Waals surface area contributed by atoms with Gasteiger partial charge < -0.3 is 14.5 Å². The quantitative estimate of drug-likeness (QED) is 0.876. The third kappa shape index (κ3) is 2.55. The van der Waals surface area contributed by atoms with E-state index >= 15 is 0 Å². The number of hydrogen-bond acceptors (Lipinski definition) is 5. The van der Waals surface area contributed by atoms with Crippen LogP contribution < -0.4 is 0 Å². The zero-order valence-corrected chi connectivity index (χ0v) is 13.1. The highest BCUT2D eigenvalue weighted by Crippen LogP contribution is 2.27.